The topological polar surface area (TPSA) is 66.3 Å². The molecule has 31 heavy (non-hydrogen) atoms. The van der Waals surface area contributed by atoms with Gasteiger partial charge in [-0.15, -0.1) is 16.9 Å². The lowest BCUT2D eigenvalue weighted by molar-refractivity contribution is -0.117. The predicted octanol–water partition coefficient (Wildman–Crippen LogP) is 3.05. The van der Waals surface area contributed by atoms with Gasteiger partial charge in [-0.25, -0.2) is 4.68 Å². The fourth-order valence-electron chi connectivity index (χ4n) is 3.81. The Bertz CT molecular complexity index is 1030. The predicted molar refractivity (Wildman–Crippen MR) is 125 cm³/mol. The van der Waals surface area contributed by atoms with Crippen molar-refractivity contribution < 1.29 is 4.79 Å². The molecule has 2 heterocycles. The van der Waals surface area contributed by atoms with Crippen LogP contribution < -0.4 is 5.32 Å². The van der Waals surface area contributed by atoms with Gasteiger partial charge in [0, 0.05) is 43.3 Å². The number of carbonyl (C=O) groups excluding carboxylic acids is 1. The number of carbonyl (C=O) groups is 1. The van der Waals surface area contributed by atoms with Crippen molar-refractivity contribution >= 4 is 23.4 Å². The molecule has 0 saturated carbocycles. The summed E-state index contributed by atoms with van der Waals surface area (Å²) in [5.74, 6) is 0.0357. The molecular formula is C23H28N6OS. The number of aromatic nitrogens is 3. The molecule has 1 aromatic heterocycles. The van der Waals surface area contributed by atoms with Crippen LogP contribution in [0.4, 0.5) is 5.69 Å². The minimum absolute atomic E-state index is 0.0357. The van der Waals surface area contributed by atoms with Crippen molar-refractivity contribution in [3.05, 3.63) is 66.0 Å². The minimum atomic E-state index is 0.0357. The maximum atomic E-state index is 12.5. The van der Waals surface area contributed by atoms with Gasteiger partial charge in [-0.3, -0.25) is 14.6 Å². The number of aryl methyl sites for hydroxylation is 1. The zero-order valence-corrected chi connectivity index (χ0v) is 18.8. The first kappa shape index (κ1) is 21.5. The summed E-state index contributed by atoms with van der Waals surface area (Å²) in [6.45, 7) is 6.85. The number of hydrogen-bond donors (Lipinski definition) is 1. The second-order valence-electron chi connectivity index (χ2n) is 7.76. The molecule has 2 aromatic carbocycles. The van der Waals surface area contributed by atoms with E-state index in [9.17, 15) is 4.79 Å². The number of hydrogen-bond acceptors (Lipinski definition) is 6. The van der Waals surface area contributed by atoms with Gasteiger partial charge in [0.2, 0.25) is 5.91 Å². The molecule has 8 heteroatoms. The van der Waals surface area contributed by atoms with Gasteiger partial charge < -0.3 is 5.32 Å². The van der Waals surface area contributed by atoms with Gasteiger partial charge in [-0.05, 0) is 43.0 Å². The van der Waals surface area contributed by atoms with Crippen LogP contribution in [0.15, 0.2) is 59.6 Å². The smallest absolute Gasteiger partial charge is 0.238 e. The molecule has 1 fully saturated rings. The Kier molecular flexibility index (Phi) is 7.01. The SMILES string of the molecule is CSc1cccc(NC(=O)CN2CCN(Cc3cnnn3-c3ccccc3C)CC2)c1. The molecule has 162 valence electrons. The Morgan fingerprint density at radius 2 is 1.84 bits per heavy atom. The lowest BCUT2D eigenvalue weighted by atomic mass is 10.2. The second-order valence-corrected chi connectivity index (χ2v) is 8.64. The van der Waals surface area contributed by atoms with Crippen LogP contribution in [0.3, 0.4) is 0 Å². The van der Waals surface area contributed by atoms with Gasteiger partial charge >= 0.3 is 0 Å². The number of nitrogens with one attached hydrogen (secondary N) is 1. The van der Waals surface area contributed by atoms with Crippen molar-refractivity contribution in [3.8, 4) is 5.69 Å². The minimum Gasteiger partial charge on any atom is -0.325 e. The van der Waals surface area contributed by atoms with Crippen LogP contribution in [0.1, 0.15) is 11.3 Å². The molecule has 0 aliphatic carbocycles. The van der Waals surface area contributed by atoms with Crippen LogP contribution in [0, 0.1) is 6.92 Å². The fraction of sp³-hybridized carbons (Fsp3) is 0.348. The molecule has 7 nitrogen and oxygen atoms in total. The normalized spacial score (nSPS) is 15.2. The van der Waals surface area contributed by atoms with E-state index in [0.29, 0.717) is 6.54 Å². The highest BCUT2D eigenvalue weighted by Gasteiger charge is 2.21. The standard InChI is InChI=1S/C23H28N6OS/c1-18-6-3-4-9-22(18)29-20(15-24-26-29)16-27-10-12-28(13-11-27)17-23(30)25-19-7-5-8-21(14-19)31-2/h3-9,14-15H,10-13,16-17H2,1-2H3,(H,25,30). The number of para-hydroxylation sites is 1. The number of piperazine rings is 1. The zero-order chi connectivity index (χ0) is 21.6. The lowest BCUT2D eigenvalue weighted by Gasteiger charge is -2.34. The fourth-order valence-corrected chi connectivity index (χ4v) is 4.27. The zero-order valence-electron chi connectivity index (χ0n) is 18.0. The van der Waals surface area contributed by atoms with Crippen LogP contribution in [0.25, 0.3) is 5.69 Å². The van der Waals surface area contributed by atoms with Gasteiger partial charge in [0.25, 0.3) is 0 Å². The summed E-state index contributed by atoms with van der Waals surface area (Å²) >= 11 is 1.67. The van der Waals surface area contributed by atoms with Crippen molar-refractivity contribution in [2.24, 2.45) is 0 Å². The molecule has 4 rings (SSSR count). The van der Waals surface area contributed by atoms with Crippen molar-refractivity contribution in [2.45, 2.75) is 18.4 Å². The van der Waals surface area contributed by atoms with Gasteiger partial charge in [0.15, 0.2) is 0 Å². The highest BCUT2D eigenvalue weighted by atomic mass is 32.2. The van der Waals surface area contributed by atoms with E-state index in [1.165, 1.54) is 5.56 Å². The molecule has 1 saturated heterocycles. The molecule has 1 aliphatic heterocycles. The molecule has 1 aliphatic rings. The van der Waals surface area contributed by atoms with E-state index in [0.717, 1.165) is 54.7 Å². The average molecular weight is 437 g/mol. The third kappa shape index (κ3) is 5.52. The average Bonchev–Trinajstić information content (AvgIpc) is 3.23. The Hall–Kier alpha value is -2.68. The Morgan fingerprint density at radius 3 is 2.61 bits per heavy atom. The highest BCUT2D eigenvalue weighted by molar-refractivity contribution is 7.98. The molecule has 0 atom stereocenters. The van der Waals surface area contributed by atoms with Gasteiger partial charge in [0.1, 0.15) is 0 Å². The lowest BCUT2D eigenvalue weighted by Crippen LogP contribution is -2.48. The number of benzene rings is 2. The summed E-state index contributed by atoms with van der Waals surface area (Å²) in [6, 6.07) is 16.2. The van der Waals surface area contributed by atoms with E-state index >= 15 is 0 Å². The van der Waals surface area contributed by atoms with Gasteiger partial charge in [-0.1, -0.05) is 29.5 Å². The molecule has 3 aromatic rings. The summed E-state index contributed by atoms with van der Waals surface area (Å²) in [4.78, 5) is 18.2. The largest absolute Gasteiger partial charge is 0.325 e. The van der Waals surface area contributed by atoms with Crippen LogP contribution in [-0.2, 0) is 11.3 Å². The van der Waals surface area contributed by atoms with Crippen LogP contribution in [-0.4, -0.2) is 69.7 Å². The molecule has 0 unspecified atom stereocenters. The first-order valence-corrected chi connectivity index (χ1v) is 11.7. The maximum absolute atomic E-state index is 12.5. The number of nitrogens with zero attached hydrogens (tertiary/aromatic N) is 5. The molecule has 1 amide bonds. The third-order valence-corrected chi connectivity index (χ3v) is 6.26. The van der Waals surface area contributed by atoms with E-state index in [4.69, 9.17) is 0 Å². The first-order valence-electron chi connectivity index (χ1n) is 10.5. The number of anilines is 1. The van der Waals surface area contributed by atoms with Crippen molar-refractivity contribution in [1.29, 1.82) is 0 Å². The van der Waals surface area contributed by atoms with E-state index in [1.54, 1.807) is 11.8 Å². The van der Waals surface area contributed by atoms with Gasteiger partial charge in [-0.2, -0.15) is 0 Å². The number of rotatable bonds is 7. The van der Waals surface area contributed by atoms with E-state index in [1.807, 2.05) is 53.5 Å². The Balaban J connectivity index is 1.28. The Morgan fingerprint density at radius 1 is 1.06 bits per heavy atom. The molecule has 0 spiro atoms. The monoisotopic (exact) mass is 436 g/mol. The van der Waals surface area contributed by atoms with Crippen LogP contribution in [0.5, 0.6) is 0 Å². The van der Waals surface area contributed by atoms with Crippen molar-refractivity contribution in [2.75, 3.05) is 44.3 Å². The molecule has 1 N–H and O–H groups in total. The van der Waals surface area contributed by atoms with E-state index in [2.05, 4.69) is 44.5 Å². The van der Waals surface area contributed by atoms with E-state index < -0.39 is 0 Å². The molecule has 0 bridgehead atoms. The third-order valence-electron chi connectivity index (χ3n) is 5.53. The number of thioether (sulfide) groups is 1. The summed E-state index contributed by atoms with van der Waals surface area (Å²) in [5.41, 5.74) is 4.17. The summed E-state index contributed by atoms with van der Waals surface area (Å²) in [5, 5.41) is 11.4. The summed E-state index contributed by atoms with van der Waals surface area (Å²) in [7, 11) is 0. The number of amides is 1. The Labute approximate surface area is 187 Å². The van der Waals surface area contributed by atoms with Gasteiger partial charge in [0.05, 0.1) is 24.1 Å². The highest BCUT2D eigenvalue weighted by Crippen LogP contribution is 2.19. The van der Waals surface area contributed by atoms with Crippen molar-refractivity contribution in [3.63, 3.8) is 0 Å². The van der Waals surface area contributed by atoms with Crippen molar-refractivity contribution in [1.82, 2.24) is 24.8 Å². The van der Waals surface area contributed by atoms with Crippen LogP contribution >= 0.6 is 11.8 Å². The maximum Gasteiger partial charge on any atom is 0.238 e. The first-order chi connectivity index (χ1) is 15.1. The quantitative estimate of drug-likeness (QED) is 0.575. The molecule has 0 radical (unpaired) electrons. The summed E-state index contributed by atoms with van der Waals surface area (Å²) in [6.07, 6.45) is 3.87. The summed E-state index contributed by atoms with van der Waals surface area (Å²) < 4.78 is 1.93. The van der Waals surface area contributed by atoms with Crippen LogP contribution in [0.2, 0.25) is 0 Å². The second kappa shape index (κ2) is 10.1. The van der Waals surface area contributed by atoms with E-state index in [-0.39, 0.29) is 5.91 Å². The molecular weight excluding hydrogens is 408 g/mol.